The number of carbonyl (C=O) groups excluding carboxylic acids is 3. The number of halogens is 3. The normalized spacial score (nSPS) is 22.5. The number of carbonyl (C=O) groups is 3. The van der Waals surface area contributed by atoms with Gasteiger partial charge in [-0.05, 0) is 56.0 Å². The molecule has 1 aromatic carbocycles. The van der Waals surface area contributed by atoms with Crippen molar-refractivity contribution >= 4 is 52.5 Å². The number of aromatic nitrogens is 1. The number of hydrogen-bond donors (Lipinski definition) is 2. The molecule has 0 radical (unpaired) electrons. The van der Waals surface area contributed by atoms with Crippen LogP contribution in [0, 0.1) is 0 Å². The van der Waals surface area contributed by atoms with Crippen molar-refractivity contribution < 1.29 is 14.4 Å². The summed E-state index contributed by atoms with van der Waals surface area (Å²) >= 11 is 17.9. The highest BCUT2D eigenvalue weighted by molar-refractivity contribution is 6.42. The number of nitrogens with two attached hydrogens (primary N) is 1. The summed E-state index contributed by atoms with van der Waals surface area (Å²) in [6.45, 7) is 0.363. The van der Waals surface area contributed by atoms with Crippen LogP contribution in [0.15, 0.2) is 36.5 Å². The summed E-state index contributed by atoms with van der Waals surface area (Å²) in [5.74, 6) is -1.25. The number of nitrogens with one attached hydrogen (secondary N) is 1. The Bertz CT molecular complexity index is 1090. The quantitative estimate of drug-likeness (QED) is 0.596. The number of nitrogens with zero attached hydrogens (tertiary/aromatic N) is 3. The molecule has 11 heteroatoms. The van der Waals surface area contributed by atoms with Gasteiger partial charge in [-0.2, -0.15) is 0 Å². The largest absolute Gasteiger partial charge is 0.350 e. The van der Waals surface area contributed by atoms with Crippen molar-refractivity contribution in [2.24, 2.45) is 5.73 Å². The first-order chi connectivity index (χ1) is 16.2. The monoisotopic (exact) mass is 523 g/mol. The fourth-order valence-electron chi connectivity index (χ4n) is 4.34. The Kier molecular flexibility index (Phi) is 7.62. The summed E-state index contributed by atoms with van der Waals surface area (Å²) in [6, 6.07) is 7.63. The smallest absolute Gasteiger partial charge is 0.264 e. The van der Waals surface area contributed by atoms with Crippen molar-refractivity contribution in [1.82, 2.24) is 20.1 Å². The Morgan fingerprint density at radius 3 is 2.09 bits per heavy atom. The van der Waals surface area contributed by atoms with E-state index in [2.05, 4.69) is 10.3 Å². The molecule has 1 saturated heterocycles. The summed E-state index contributed by atoms with van der Waals surface area (Å²) in [6.07, 6.45) is 3.33. The molecule has 1 saturated carbocycles. The van der Waals surface area contributed by atoms with Crippen LogP contribution in [-0.2, 0) is 4.79 Å². The predicted molar refractivity (Wildman–Crippen MR) is 130 cm³/mol. The number of rotatable bonds is 4. The number of hydrogen-bond acceptors (Lipinski definition) is 5. The SMILES string of the molecule is NC1CCC(NC(=O)C2N(C(=O)c3ccc(Cl)nc3)CCN2C(=O)c2ccc(Cl)c(Cl)c2)CC1. The van der Waals surface area contributed by atoms with Gasteiger partial charge in [-0.25, -0.2) is 4.98 Å². The first-order valence-electron chi connectivity index (χ1n) is 11.0. The lowest BCUT2D eigenvalue weighted by molar-refractivity contribution is -0.129. The highest BCUT2D eigenvalue weighted by Crippen LogP contribution is 2.27. The maximum atomic E-state index is 13.4. The minimum Gasteiger partial charge on any atom is -0.350 e. The minimum absolute atomic E-state index is 0.0658. The van der Waals surface area contributed by atoms with Gasteiger partial charge in [0.1, 0.15) is 5.15 Å². The molecule has 1 atom stereocenters. The summed E-state index contributed by atoms with van der Waals surface area (Å²) in [5.41, 5.74) is 6.53. The van der Waals surface area contributed by atoms with Crippen molar-refractivity contribution in [3.63, 3.8) is 0 Å². The van der Waals surface area contributed by atoms with Crippen molar-refractivity contribution in [1.29, 1.82) is 0 Å². The molecule has 1 aliphatic carbocycles. The maximum Gasteiger partial charge on any atom is 0.264 e. The first-order valence-corrected chi connectivity index (χ1v) is 12.1. The predicted octanol–water partition coefficient (Wildman–Crippen LogP) is 3.35. The van der Waals surface area contributed by atoms with Gasteiger partial charge in [0.25, 0.3) is 17.7 Å². The van der Waals surface area contributed by atoms with E-state index in [-0.39, 0.29) is 46.5 Å². The van der Waals surface area contributed by atoms with Gasteiger partial charge < -0.3 is 20.9 Å². The van der Waals surface area contributed by atoms with E-state index in [4.69, 9.17) is 40.5 Å². The topological polar surface area (TPSA) is 109 Å². The van der Waals surface area contributed by atoms with Crippen molar-refractivity contribution in [3.8, 4) is 0 Å². The van der Waals surface area contributed by atoms with Crippen LogP contribution >= 0.6 is 34.8 Å². The lowest BCUT2D eigenvalue weighted by Gasteiger charge is -2.32. The molecule has 1 unspecified atom stereocenters. The van der Waals surface area contributed by atoms with Gasteiger partial charge in [0.05, 0.1) is 15.6 Å². The number of pyridine rings is 1. The molecule has 0 spiro atoms. The van der Waals surface area contributed by atoms with E-state index in [0.29, 0.717) is 5.02 Å². The highest BCUT2D eigenvalue weighted by Gasteiger charge is 2.44. The second-order valence-electron chi connectivity index (χ2n) is 8.49. The van der Waals surface area contributed by atoms with E-state index in [1.165, 1.54) is 34.2 Å². The Morgan fingerprint density at radius 2 is 1.50 bits per heavy atom. The molecule has 1 aromatic heterocycles. The van der Waals surface area contributed by atoms with Crippen LogP contribution in [0.5, 0.6) is 0 Å². The lowest BCUT2D eigenvalue weighted by Crippen LogP contribution is -2.56. The zero-order chi connectivity index (χ0) is 24.4. The minimum atomic E-state index is -1.12. The Labute approximate surface area is 212 Å². The Morgan fingerprint density at radius 1 is 0.882 bits per heavy atom. The van der Waals surface area contributed by atoms with Gasteiger partial charge in [0.15, 0.2) is 6.17 Å². The third-order valence-corrected chi connectivity index (χ3v) is 7.15. The molecule has 0 bridgehead atoms. The number of benzene rings is 1. The molecule has 3 amide bonds. The molecular weight excluding hydrogens is 501 g/mol. The van der Waals surface area contributed by atoms with Crippen LogP contribution in [-0.4, -0.2) is 63.8 Å². The van der Waals surface area contributed by atoms with Crippen molar-refractivity contribution in [2.75, 3.05) is 13.1 Å². The zero-order valence-corrected chi connectivity index (χ0v) is 20.5. The van der Waals surface area contributed by atoms with Gasteiger partial charge in [-0.15, -0.1) is 0 Å². The molecule has 1 aliphatic heterocycles. The number of amides is 3. The van der Waals surface area contributed by atoms with Gasteiger partial charge in [0, 0.05) is 36.9 Å². The van der Waals surface area contributed by atoms with Crippen LogP contribution in [0.4, 0.5) is 0 Å². The third kappa shape index (κ3) is 5.30. The third-order valence-electron chi connectivity index (χ3n) is 6.19. The standard InChI is InChI=1S/C23H24Cl3N5O3/c24-17-7-1-13(11-18(17)25)22(33)30-9-10-31(23(34)14-2-8-19(26)28-12-14)21(30)20(32)29-16-5-3-15(27)4-6-16/h1-2,7-8,11-12,15-16,21H,3-6,9-10,27H2,(H,29,32). The van der Waals surface area contributed by atoms with Gasteiger partial charge in [-0.1, -0.05) is 34.8 Å². The summed E-state index contributed by atoms with van der Waals surface area (Å²) in [5, 5.41) is 3.81. The van der Waals surface area contributed by atoms with Crippen LogP contribution < -0.4 is 11.1 Å². The molecule has 3 N–H and O–H groups in total. The van der Waals surface area contributed by atoms with Crippen LogP contribution in [0.2, 0.25) is 15.2 Å². The molecule has 180 valence electrons. The van der Waals surface area contributed by atoms with Crippen molar-refractivity contribution in [3.05, 3.63) is 62.9 Å². The second-order valence-corrected chi connectivity index (χ2v) is 9.69. The van der Waals surface area contributed by atoms with E-state index in [9.17, 15) is 14.4 Å². The first kappa shape index (κ1) is 24.7. The van der Waals surface area contributed by atoms with Gasteiger partial charge in [-0.3, -0.25) is 14.4 Å². The van der Waals surface area contributed by atoms with Crippen LogP contribution in [0.3, 0.4) is 0 Å². The van der Waals surface area contributed by atoms with Gasteiger partial charge >= 0.3 is 0 Å². The molecule has 2 fully saturated rings. The molecule has 4 rings (SSSR count). The highest BCUT2D eigenvalue weighted by atomic mass is 35.5. The summed E-state index contributed by atoms with van der Waals surface area (Å²) in [7, 11) is 0. The molecular formula is C23H24Cl3N5O3. The molecule has 8 nitrogen and oxygen atoms in total. The fraction of sp³-hybridized carbons (Fsp3) is 0.391. The van der Waals surface area contributed by atoms with E-state index in [1.807, 2.05) is 0 Å². The Balaban J connectivity index is 1.61. The van der Waals surface area contributed by atoms with E-state index in [0.717, 1.165) is 25.7 Å². The lowest BCUT2D eigenvalue weighted by atomic mass is 9.92. The van der Waals surface area contributed by atoms with E-state index < -0.39 is 23.9 Å². The van der Waals surface area contributed by atoms with Gasteiger partial charge in [0.2, 0.25) is 0 Å². The average molecular weight is 525 g/mol. The van der Waals surface area contributed by atoms with E-state index >= 15 is 0 Å². The summed E-state index contributed by atoms with van der Waals surface area (Å²) < 4.78 is 0. The van der Waals surface area contributed by atoms with Crippen molar-refractivity contribution in [2.45, 2.75) is 43.9 Å². The Hall–Kier alpha value is -2.39. The van der Waals surface area contributed by atoms with E-state index in [1.54, 1.807) is 12.1 Å². The maximum absolute atomic E-state index is 13.4. The average Bonchev–Trinajstić information content (AvgIpc) is 3.27. The second kappa shape index (κ2) is 10.5. The molecule has 2 aliphatic rings. The molecule has 2 aromatic rings. The zero-order valence-electron chi connectivity index (χ0n) is 18.2. The van der Waals surface area contributed by atoms with Crippen LogP contribution in [0.25, 0.3) is 0 Å². The summed E-state index contributed by atoms with van der Waals surface area (Å²) in [4.78, 5) is 46.8. The molecule has 34 heavy (non-hydrogen) atoms. The van der Waals surface area contributed by atoms with Crippen LogP contribution in [0.1, 0.15) is 46.4 Å². The molecule has 2 heterocycles. The fourth-order valence-corrected chi connectivity index (χ4v) is 4.75.